The second kappa shape index (κ2) is 7.03. The minimum absolute atomic E-state index is 0.0613. The Balaban J connectivity index is 2.33. The van der Waals surface area contributed by atoms with Crippen molar-refractivity contribution in [1.82, 2.24) is 4.98 Å². The second-order valence-corrected chi connectivity index (χ2v) is 6.07. The van der Waals surface area contributed by atoms with E-state index in [-0.39, 0.29) is 27.5 Å². The maximum absolute atomic E-state index is 14.4. The van der Waals surface area contributed by atoms with Crippen molar-refractivity contribution in [2.75, 3.05) is 6.61 Å². The molecule has 3 nitrogen and oxygen atoms in total. The number of fused-ring (bicyclic) bond motifs is 1. The molecule has 3 aromatic rings. The van der Waals surface area contributed by atoms with Crippen LogP contribution >= 0.6 is 15.9 Å². The third kappa shape index (κ3) is 3.05. The van der Waals surface area contributed by atoms with Gasteiger partial charge in [-0.05, 0) is 41.1 Å². The molecule has 0 spiro atoms. The number of rotatable bonds is 3. The summed E-state index contributed by atoms with van der Waals surface area (Å²) in [6, 6.07) is 3.37. The van der Waals surface area contributed by atoms with E-state index in [1.165, 1.54) is 6.07 Å². The molecular weight excluding hydrogens is 418 g/mol. The minimum Gasteiger partial charge on any atom is -0.462 e. The summed E-state index contributed by atoms with van der Waals surface area (Å²) in [5.74, 6) is -5.46. The number of ether oxygens (including phenoxy) is 1. The molecule has 1 aromatic heterocycles. The van der Waals surface area contributed by atoms with Crippen LogP contribution in [0.15, 0.2) is 34.9 Å². The lowest BCUT2D eigenvalue weighted by Crippen LogP contribution is -2.07. The Kier molecular flexibility index (Phi) is 4.95. The van der Waals surface area contributed by atoms with Crippen molar-refractivity contribution in [2.24, 2.45) is 0 Å². The van der Waals surface area contributed by atoms with Crippen LogP contribution in [0.3, 0.4) is 0 Å². The summed E-state index contributed by atoms with van der Waals surface area (Å²) in [5.41, 5.74) is -0.986. The number of hydrogen-bond acceptors (Lipinski definition) is 3. The van der Waals surface area contributed by atoms with Gasteiger partial charge in [0.2, 0.25) is 0 Å². The van der Waals surface area contributed by atoms with E-state index in [0.29, 0.717) is 12.1 Å². The van der Waals surface area contributed by atoms with Crippen LogP contribution in [0, 0.1) is 23.3 Å². The summed E-state index contributed by atoms with van der Waals surface area (Å²) in [5, 5.41) is 0.260. The molecule has 0 aliphatic rings. The van der Waals surface area contributed by atoms with Crippen LogP contribution in [0.2, 0.25) is 0 Å². The van der Waals surface area contributed by atoms with Gasteiger partial charge in [0.15, 0.2) is 11.6 Å². The van der Waals surface area contributed by atoms with E-state index in [2.05, 4.69) is 20.9 Å². The predicted octanol–water partition coefficient (Wildman–Crippen LogP) is 5.40. The Morgan fingerprint density at radius 3 is 2.58 bits per heavy atom. The van der Waals surface area contributed by atoms with Crippen LogP contribution in [0.5, 0.6) is 0 Å². The minimum atomic E-state index is -1.45. The summed E-state index contributed by atoms with van der Waals surface area (Å²) in [4.78, 5) is 15.9. The van der Waals surface area contributed by atoms with Gasteiger partial charge in [0, 0.05) is 33.2 Å². The van der Waals surface area contributed by atoms with Gasteiger partial charge in [0.1, 0.15) is 11.6 Å². The average molecular weight is 428 g/mol. The molecule has 3 rings (SSSR count). The largest absolute Gasteiger partial charge is 0.462 e. The molecule has 0 aliphatic heterocycles. The molecule has 0 saturated carbocycles. The Labute approximate surface area is 153 Å². The van der Waals surface area contributed by atoms with Gasteiger partial charge in [0.05, 0.1) is 17.7 Å². The SMILES string of the molecule is CCOC(=O)c1cnc2c(-c3cc(F)cc(F)c3F)c(F)ccc2c1Br. The zero-order valence-corrected chi connectivity index (χ0v) is 14.8. The van der Waals surface area contributed by atoms with Gasteiger partial charge in [0.25, 0.3) is 0 Å². The number of pyridine rings is 1. The standard InChI is InChI=1S/C18H10BrF4NO2/c1-2-26-18(25)11-7-24-17-9(15(11)19)3-4-12(21)14(17)10-5-8(20)6-13(22)16(10)23/h3-7H,2H2,1H3. The van der Waals surface area contributed by atoms with Crippen LogP contribution in [-0.2, 0) is 4.74 Å². The number of carbonyl (C=O) groups is 1. The van der Waals surface area contributed by atoms with E-state index in [0.717, 1.165) is 12.3 Å². The molecule has 26 heavy (non-hydrogen) atoms. The lowest BCUT2D eigenvalue weighted by Gasteiger charge is -2.12. The Morgan fingerprint density at radius 2 is 1.88 bits per heavy atom. The molecule has 0 bridgehead atoms. The lowest BCUT2D eigenvalue weighted by atomic mass is 9.99. The molecule has 1 heterocycles. The number of esters is 1. The summed E-state index contributed by atoms with van der Waals surface area (Å²) in [6.45, 7) is 1.78. The maximum atomic E-state index is 14.4. The maximum Gasteiger partial charge on any atom is 0.340 e. The fourth-order valence-corrected chi connectivity index (χ4v) is 3.14. The number of halogens is 5. The molecule has 0 aliphatic carbocycles. The molecule has 0 saturated heterocycles. The topological polar surface area (TPSA) is 39.2 Å². The number of nitrogens with zero attached hydrogens (tertiary/aromatic N) is 1. The summed E-state index contributed by atoms with van der Waals surface area (Å²) in [7, 11) is 0. The molecule has 0 fully saturated rings. The van der Waals surface area contributed by atoms with E-state index in [9.17, 15) is 22.4 Å². The van der Waals surface area contributed by atoms with Crippen molar-refractivity contribution < 1.29 is 27.1 Å². The van der Waals surface area contributed by atoms with Gasteiger partial charge in [-0.2, -0.15) is 0 Å². The van der Waals surface area contributed by atoms with Gasteiger partial charge < -0.3 is 4.74 Å². The van der Waals surface area contributed by atoms with Crippen LogP contribution in [-0.4, -0.2) is 17.6 Å². The van der Waals surface area contributed by atoms with Gasteiger partial charge in [-0.15, -0.1) is 0 Å². The van der Waals surface area contributed by atoms with E-state index >= 15 is 0 Å². The fraction of sp³-hybridized carbons (Fsp3) is 0.111. The normalized spacial score (nSPS) is 11.0. The number of carbonyl (C=O) groups excluding carboxylic acids is 1. The first-order chi connectivity index (χ1) is 12.3. The monoisotopic (exact) mass is 427 g/mol. The highest BCUT2D eigenvalue weighted by Crippen LogP contribution is 2.37. The first-order valence-corrected chi connectivity index (χ1v) is 8.23. The van der Waals surface area contributed by atoms with E-state index in [1.807, 2.05) is 0 Å². The van der Waals surface area contributed by atoms with Crippen molar-refractivity contribution in [3.8, 4) is 11.1 Å². The molecule has 0 unspecified atom stereocenters. The average Bonchev–Trinajstić information content (AvgIpc) is 2.59. The van der Waals surface area contributed by atoms with Crippen molar-refractivity contribution in [1.29, 1.82) is 0 Å². The third-order valence-electron chi connectivity index (χ3n) is 3.68. The highest BCUT2D eigenvalue weighted by atomic mass is 79.9. The van der Waals surface area contributed by atoms with Crippen molar-refractivity contribution >= 4 is 32.8 Å². The first kappa shape index (κ1) is 18.3. The predicted molar refractivity (Wildman–Crippen MR) is 90.7 cm³/mol. The first-order valence-electron chi connectivity index (χ1n) is 7.43. The number of hydrogen-bond donors (Lipinski definition) is 0. The Hall–Kier alpha value is -2.48. The van der Waals surface area contributed by atoms with E-state index in [1.54, 1.807) is 6.92 Å². The number of aromatic nitrogens is 1. The van der Waals surface area contributed by atoms with Crippen molar-refractivity contribution in [2.45, 2.75) is 6.92 Å². The zero-order valence-electron chi connectivity index (χ0n) is 13.2. The van der Waals surface area contributed by atoms with Crippen LogP contribution in [0.4, 0.5) is 17.6 Å². The number of benzene rings is 2. The van der Waals surface area contributed by atoms with Crippen molar-refractivity contribution in [3.63, 3.8) is 0 Å². The summed E-state index contributed by atoms with van der Waals surface area (Å²) in [6.07, 6.45) is 1.13. The summed E-state index contributed by atoms with van der Waals surface area (Å²) < 4.78 is 60.8. The molecule has 2 aromatic carbocycles. The van der Waals surface area contributed by atoms with Gasteiger partial charge in [-0.25, -0.2) is 22.4 Å². The van der Waals surface area contributed by atoms with Crippen LogP contribution < -0.4 is 0 Å². The molecule has 0 radical (unpaired) electrons. The Bertz CT molecular complexity index is 1040. The lowest BCUT2D eigenvalue weighted by molar-refractivity contribution is 0.0525. The third-order valence-corrected chi connectivity index (χ3v) is 4.53. The molecular formula is C18H10BrF4NO2. The van der Waals surface area contributed by atoms with Crippen LogP contribution in [0.25, 0.3) is 22.0 Å². The van der Waals surface area contributed by atoms with Crippen molar-refractivity contribution in [3.05, 3.63) is 63.8 Å². The van der Waals surface area contributed by atoms with Gasteiger partial charge in [-0.3, -0.25) is 4.98 Å². The summed E-state index contributed by atoms with van der Waals surface area (Å²) >= 11 is 3.23. The molecule has 134 valence electrons. The fourth-order valence-electron chi connectivity index (χ4n) is 2.55. The highest BCUT2D eigenvalue weighted by Gasteiger charge is 2.22. The quantitative estimate of drug-likeness (QED) is 0.319. The highest BCUT2D eigenvalue weighted by molar-refractivity contribution is 9.10. The van der Waals surface area contributed by atoms with E-state index in [4.69, 9.17) is 4.74 Å². The van der Waals surface area contributed by atoms with Gasteiger partial charge in [-0.1, -0.05) is 0 Å². The Morgan fingerprint density at radius 1 is 1.15 bits per heavy atom. The molecule has 8 heteroatoms. The second-order valence-electron chi connectivity index (χ2n) is 5.27. The van der Waals surface area contributed by atoms with E-state index < -0.39 is 40.4 Å². The molecule has 0 atom stereocenters. The van der Waals surface area contributed by atoms with Gasteiger partial charge >= 0.3 is 5.97 Å². The smallest absolute Gasteiger partial charge is 0.340 e. The molecule has 0 N–H and O–H groups in total. The zero-order chi connectivity index (χ0) is 19.0. The molecule has 0 amide bonds. The van der Waals surface area contributed by atoms with Crippen LogP contribution in [0.1, 0.15) is 17.3 Å².